The smallest absolute Gasteiger partial charge is 0.309 e. The van der Waals surface area contributed by atoms with Crippen LogP contribution >= 0.6 is 11.3 Å². The lowest BCUT2D eigenvalue weighted by Gasteiger charge is -2.17. The minimum absolute atomic E-state index is 0.174. The second-order valence-electron chi connectivity index (χ2n) is 6.92. The maximum atomic E-state index is 13.1. The van der Waals surface area contributed by atoms with Crippen molar-refractivity contribution in [1.82, 2.24) is 10.6 Å². The van der Waals surface area contributed by atoms with Crippen molar-refractivity contribution in [3.05, 3.63) is 88.6 Å². The van der Waals surface area contributed by atoms with Gasteiger partial charge in [0.05, 0.1) is 4.90 Å². The highest BCUT2D eigenvalue weighted by molar-refractivity contribution is 7.91. The Morgan fingerprint density at radius 3 is 2.13 bits per heavy atom. The lowest BCUT2D eigenvalue weighted by atomic mass is 10.1. The number of sulfone groups is 1. The molecule has 0 spiro atoms. The van der Waals surface area contributed by atoms with Crippen molar-refractivity contribution in [3.8, 4) is 0 Å². The molecule has 0 aliphatic carbocycles. The first-order valence-electron chi connectivity index (χ1n) is 9.91. The van der Waals surface area contributed by atoms with E-state index in [1.807, 2.05) is 30.3 Å². The van der Waals surface area contributed by atoms with Gasteiger partial charge in [0.2, 0.25) is 0 Å². The zero-order valence-corrected chi connectivity index (χ0v) is 18.5. The number of carbonyl (C=O) groups is 2. The Morgan fingerprint density at radius 2 is 1.48 bits per heavy atom. The number of thiophene rings is 1. The van der Waals surface area contributed by atoms with Gasteiger partial charge in [0.1, 0.15) is 5.25 Å². The maximum absolute atomic E-state index is 13.1. The first kappa shape index (κ1) is 22.7. The number of hydrogen-bond donors (Lipinski definition) is 2. The summed E-state index contributed by atoms with van der Waals surface area (Å²) in [6, 6.07) is 21.4. The molecular formula is C23H24N2O4S2. The summed E-state index contributed by atoms with van der Waals surface area (Å²) in [4.78, 5) is 25.1. The second kappa shape index (κ2) is 10.9. The molecule has 6 nitrogen and oxygen atoms in total. The fraction of sp³-hybridized carbons (Fsp3) is 0.217. The lowest BCUT2D eigenvalue weighted by Crippen LogP contribution is -2.42. The molecule has 0 radical (unpaired) electrons. The number of carbonyl (C=O) groups excluding carboxylic acids is 2. The second-order valence-corrected chi connectivity index (χ2v) is 10.0. The molecule has 0 fully saturated rings. The number of aryl methyl sites for hydroxylation is 1. The Balaban J connectivity index is 1.56. The zero-order valence-electron chi connectivity index (χ0n) is 16.9. The molecule has 1 unspecified atom stereocenters. The number of hydrogen-bond acceptors (Lipinski definition) is 5. The molecule has 2 N–H and O–H groups in total. The van der Waals surface area contributed by atoms with E-state index in [0.29, 0.717) is 17.8 Å². The van der Waals surface area contributed by atoms with Crippen molar-refractivity contribution in [1.29, 1.82) is 0 Å². The standard InChI is InChI=1S/C23H24N2O4S2/c26-22(24-15-7-11-18-9-3-1-4-10-18)23(27)25-17-21(20-14-8-16-30-20)31(28,29)19-12-5-2-6-13-19/h1-6,8-10,12-14,16,21H,7,11,15,17H2,(H,24,26)(H,25,27). The minimum atomic E-state index is -3.73. The van der Waals surface area contributed by atoms with Crippen molar-refractivity contribution in [2.45, 2.75) is 23.0 Å². The third kappa shape index (κ3) is 6.26. The molecule has 0 saturated carbocycles. The number of benzene rings is 2. The van der Waals surface area contributed by atoms with Gasteiger partial charge in [-0.1, -0.05) is 54.6 Å². The summed E-state index contributed by atoms with van der Waals surface area (Å²) < 4.78 is 26.2. The summed E-state index contributed by atoms with van der Waals surface area (Å²) in [7, 11) is -3.73. The first-order chi connectivity index (χ1) is 15.0. The highest BCUT2D eigenvalue weighted by Crippen LogP contribution is 2.31. The quantitative estimate of drug-likeness (QED) is 0.382. The molecule has 1 atom stereocenters. The van der Waals surface area contributed by atoms with E-state index in [-0.39, 0.29) is 11.4 Å². The van der Waals surface area contributed by atoms with E-state index >= 15 is 0 Å². The highest BCUT2D eigenvalue weighted by Gasteiger charge is 2.31. The minimum Gasteiger partial charge on any atom is -0.348 e. The number of rotatable bonds is 9. The van der Waals surface area contributed by atoms with Crippen LogP contribution in [-0.2, 0) is 25.8 Å². The van der Waals surface area contributed by atoms with Crippen LogP contribution < -0.4 is 10.6 Å². The molecule has 0 aliphatic heterocycles. The predicted octanol–water partition coefficient (Wildman–Crippen LogP) is 3.13. The van der Waals surface area contributed by atoms with Gasteiger partial charge >= 0.3 is 11.8 Å². The van der Waals surface area contributed by atoms with Crippen LogP contribution in [-0.4, -0.2) is 33.3 Å². The Kier molecular flexibility index (Phi) is 7.97. The van der Waals surface area contributed by atoms with E-state index < -0.39 is 26.9 Å². The molecule has 0 saturated heterocycles. The van der Waals surface area contributed by atoms with Gasteiger partial charge in [-0.3, -0.25) is 9.59 Å². The summed E-state index contributed by atoms with van der Waals surface area (Å²) >= 11 is 1.30. The number of amides is 2. The van der Waals surface area contributed by atoms with E-state index in [2.05, 4.69) is 10.6 Å². The van der Waals surface area contributed by atoms with Gasteiger partial charge in [-0.2, -0.15) is 0 Å². The van der Waals surface area contributed by atoms with Crippen LogP contribution in [0.4, 0.5) is 0 Å². The Hall–Kier alpha value is -2.97. The Morgan fingerprint density at radius 1 is 0.839 bits per heavy atom. The predicted molar refractivity (Wildman–Crippen MR) is 121 cm³/mol. The fourth-order valence-corrected chi connectivity index (χ4v) is 5.90. The third-order valence-corrected chi connectivity index (χ3v) is 7.97. The van der Waals surface area contributed by atoms with Crippen LogP contribution in [0.5, 0.6) is 0 Å². The van der Waals surface area contributed by atoms with Gasteiger partial charge in [0.25, 0.3) is 0 Å². The first-order valence-corrected chi connectivity index (χ1v) is 12.3. The molecule has 162 valence electrons. The summed E-state index contributed by atoms with van der Waals surface area (Å²) in [6.07, 6.45) is 1.49. The van der Waals surface area contributed by atoms with E-state index in [1.165, 1.54) is 23.5 Å². The summed E-state index contributed by atoms with van der Waals surface area (Å²) in [6.45, 7) is 0.172. The summed E-state index contributed by atoms with van der Waals surface area (Å²) in [5.41, 5.74) is 1.16. The van der Waals surface area contributed by atoms with Gasteiger partial charge in [-0.15, -0.1) is 11.3 Å². The molecule has 31 heavy (non-hydrogen) atoms. The van der Waals surface area contributed by atoms with Gasteiger partial charge in [-0.25, -0.2) is 8.42 Å². The average Bonchev–Trinajstić information content (AvgIpc) is 3.32. The van der Waals surface area contributed by atoms with Gasteiger partial charge < -0.3 is 10.6 Å². The van der Waals surface area contributed by atoms with E-state index in [9.17, 15) is 18.0 Å². The fourth-order valence-electron chi connectivity index (χ4n) is 3.10. The molecule has 1 heterocycles. The van der Waals surface area contributed by atoms with Crippen LogP contribution in [0.3, 0.4) is 0 Å². The monoisotopic (exact) mass is 456 g/mol. The van der Waals surface area contributed by atoms with E-state index in [0.717, 1.165) is 12.0 Å². The summed E-state index contributed by atoms with van der Waals surface area (Å²) in [5, 5.41) is 5.88. The normalized spacial score (nSPS) is 12.1. The van der Waals surface area contributed by atoms with Crippen molar-refractivity contribution >= 4 is 33.0 Å². The van der Waals surface area contributed by atoms with E-state index in [4.69, 9.17) is 0 Å². The molecule has 1 aromatic heterocycles. The van der Waals surface area contributed by atoms with Crippen molar-refractivity contribution in [3.63, 3.8) is 0 Å². The average molecular weight is 457 g/mol. The molecule has 3 aromatic rings. The zero-order chi connectivity index (χ0) is 22.1. The van der Waals surface area contributed by atoms with Crippen LogP contribution in [0.2, 0.25) is 0 Å². The van der Waals surface area contributed by atoms with Crippen LogP contribution in [0.25, 0.3) is 0 Å². The Bertz CT molecular complexity index is 1080. The highest BCUT2D eigenvalue weighted by atomic mass is 32.2. The van der Waals surface area contributed by atoms with Crippen molar-refractivity contribution in [2.75, 3.05) is 13.1 Å². The molecule has 3 rings (SSSR count). The molecular weight excluding hydrogens is 432 g/mol. The largest absolute Gasteiger partial charge is 0.348 e. The SMILES string of the molecule is O=C(NCCCc1ccccc1)C(=O)NCC(c1cccs1)S(=O)(=O)c1ccccc1. The molecule has 8 heteroatoms. The molecule has 0 aliphatic rings. The van der Waals surface area contributed by atoms with Crippen molar-refractivity contribution in [2.24, 2.45) is 0 Å². The number of nitrogens with one attached hydrogen (secondary N) is 2. The van der Waals surface area contributed by atoms with Gasteiger partial charge in [0, 0.05) is 18.0 Å². The maximum Gasteiger partial charge on any atom is 0.309 e. The van der Waals surface area contributed by atoms with Crippen molar-refractivity contribution < 1.29 is 18.0 Å². The van der Waals surface area contributed by atoms with Crippen LogP contribution in [0.15, 0.2) is 83.1 Å². The molecule has 2 amide bonds. The lowest BCUT2D eigenvalue weighted by molar-refractivity contribution is -0.139. The third-order valence-electron chi connectivity index (χ3n) is 4.73. The molecule has 0 bridgehead atoms. The van der Waals surface area contributed by atoms with Gasteiger partial charge in [0.15, 0.2) is 9.84 Å². The van der Waals surface area contributed by atoms with Crippen LogP contribution in [0, 0.1) is 0 Å². The topological polar surface area (TPSA) is 92.3 Å². The summed E-state index contributed by atoms with van der Waals surface area (Å²) in [5.74, 6) is -1.61. The molecule has 2 aromatic carbocycles. The van der Waals surface area contributed by atoms with Crippen LogP contribution in [0.1, 0.15) is 22.1 Å². The van der Waals surface area contributed by atoms with Gasteiger partial charge in [-0.05, 0) is 42.0 Å². The Labute approximate surface area is 186 Å². The van der Waals surface area contributed by atoms with E-state index in [1.54, 1.807) is 35.7 Å².